The Morgan fingerprint density at radius 1 is 1.59 bits per heavy atom. The van der Waals surface area contributed by atoms with Crippen molar-refractivity contribution in [2.45, 2.75) is 36.4 Å². The van der Waals surface area contributed by atoms with E-state index in [1.54, 1.807) is 0 Å². The van der Waals surface area contributed by atoms with Gasteiger partial charge in [-0.15, -0.1) is 0 Å². The second kappa shape index (κ2) is 4.06. The van der Waals surface area contributed by atoms with Crippen LogP contribution in [-0.4, -0.2) is 50.2 Å². The number of hydrogen-bond acceptors (Lipinski definition) is 4. The molecule has 0 saturated carbocycles. The third kappa shape index (κ3) is 1.28. The average molecular weight is 310 g/mol. The molecule has 0 aromatic heterocycles. The van der Waals surface area contributed by atoms with Crippen molar-refractivity contribution in [1.82, 2.24) is 4.90 Å². The summed E-state index contributed by atoms with van der Waals surface area (Å²) in [7, 11) is -2.86. The molecular weight excluding hydrogens is 278 g/mol. The smallest absolute Gasteiger partial charge is 0.211 e. The lowest BCUT2D eigenvalue weighted by atomic mass is 9.53. The standard InChI is InChI=1S/C18H21NO3/c1-19-8-7-18-11-4-5-13(20)17(18)22-16-14(21-2)6-3-10(15(16)18)9-12(11)19/h3-6,11-13,17,20H,7-9H2,1-2H3/t11-,12+,13?,17?,18-/m0/s1/i1D3,2D3,9D2,13D,17D,20D. The highest BCUT2D eigenvalue weighted by Crippen LogP contribution is 2.62. The van der Waals surface area contributed by atoms with Crippen LogP contribution in [0, 0.1) is 5.92 Å². The molecule has 2 heterocycles. The molecule has 1 N–H and O–H groups in total. The van der Waals surface area contributed by atoms with Crippen LogP contribution in [0.3, 0.4) is 0 Å². The summed E-state index contributed by atoms with van der Waals surface area (Å²) in [6.45, 7) is -2.75. The van der Waals surface area contributed by atoms with Crippen molar-refractivity contribution in [3.05, 3.63) is 35.4 Å². The summed E-state index contributed by atoms with van der Waals surface area (Å²) >= 11 is 0. The molecule has 5 rings (SSSR count). The van der Waals surface area contributed by atoms with Gasteiger partial charge in [0.15, 0.2) is 11.5 Å². The van der Waals surface area contributed by atoms with Crippen molar-refractivity contribution in [1.29, 1.82) is 1.43 Å². The summed E-state index contributed by atoms with van der Waals surface area (Å²) in [5, 5.41) is 4.66. The zero-order valence-electron chi connectivity index (χ0n) is 22.6. The van der Waals surface area contributed by atoms with E-state index in [0.29, 0.717) is 0 Å². The monoisotopic (exact) mass is 310 g/mol. The van der Waals surface area contributed by atoms with Crippen LogP contribution in [0.15, 0.2) is 24.3 Å². The first kappa shape index (κ1) is 6.17. The zero-order valence-corrected chi connectivity index (χ0v) is 11.6. The van der Waals surface area contributed by atoms with Gasteiger partial charge in [-0.3, -0.25) is 0 Å². The maximum Gasteiger partial charge on any atom is 0.211 e. The molecule has 2 aliphatic heterocycles. The van der Waals surface area contributed by atoms with Crippen molar-refractivity contribution in [3.63, 3.8) is 0 Å². The first-order chi connectivity index (χ1) is 15.0. The number of piperidine rings is 1. The number of likely N-dealkylation sites (N-methyl/N-ethyl adjacent to an activating group) is 1. The van der Waals surface area contributed by atoms with Gasteiger partial charge in [-0.1, -0.05) is 18.2 Å². The van der Waals surface area contributed by atoms with E-state index in [9.17, 15) is 1.37 Å². The Morgan fingerprint density at radius 3 is 3.45 bits per heavy atom. The molecule has 1 fully saturated rings. The second-order valence-corrected chi connectivity index (χ2v) is 6.10. The van der Waals surface area contributed by atoms with Crippen LogP contribution in [0.1, 0.15) is 31.3 Å². The third-order valence-electron chi connectivity index (χ3n) is 5.26. The van der Waals surface area contributed by atoms with Gasteiger partial charge in [0.25, 0.3) is 0 Å². The summed E-state index contributed by atoms with van der Waals surface area (Å²) < 4.78 is 101. The molecule has 0 radical (unpaired) electrons. The van der Waals surface area contributed by atoms with Gasteiger partial charge >= 0.3 is 0 Å². The molecule has 0 amide bonds. The number of benzene rings is 1. The first-order valence-corrected chi connectivity index (χ1v) is 7.20. The molecule has 1 aromatic carbocycles. The minimum Gasteiger partial charge on any atom is -0.493 e. The first-order valence-electron chi connectivity index (χ1n) is 12.6. The molecule has 116 valence electrons. The van der Waals surface area contributed by atoms with Gasteiger partial charge in [-0.2, -0.15) is 0 Å². The fraction of sp³-hybridized carbons (Fsp3) is 0.556. The Bertz CT molecular complexity index is 1060. The van der Waals surface area contributed by atoms with E-state index in [1.165, 1.54) is 18.2 Å². The number of aliphatic hydroxyl groups is 1. The molecule has 5 atom stereocenters. The molecule has 2 aliphatic carbocycles. The fourth-order valence-electron chi connectivity index (χ4n) is 4.37. The zero-order chi connectivity index (χ0) is 24.4. The molecule has 2 unspecified atom stereocenters. The Morgan fingerprint density at radius 2 is 2.59 bits per heavy atom. The van der Waals surface area contributed by atoms with E-state index < -0.39 is 49.9 Å². The van der Waals surface area contributed by atoms with Crippen molar-refractivity contribution in [3.8, 4) is 11.5 Å². The summed E-state index contributed by atoms with van der Waals surface area (Å²) in [6.07, 6.45) is -4.38. The summed E-state index contributed by atoms with van der Waals surface area (Å²) in [4.78, 5) is 1.10. The van der Waals surface area contributed by atoms with Crippen LogP contribution >= 0.6 is 0 Å². The quantitative estimate of drug-likeness (QED) is 0.841. The molecule has 4 heteroatoms. The minimum absolute atomic E-state index is 0.0162. The Hall–Kier alpha value is -1.52. The molecular formula is C18H21NO3. The Labute approximate surface area is 145 Å². The van der Waals surface area contributed by atoms with Crippen molar-refractivity contribution >= 4 is 0 Å². The number of likely N-dealkylation sites (tertiary alicyclic amines) is 1. The number of ether oxygens (including phenoxy) is 2. The van der Waals surface area contributed by atoms with E-state index in [4.69, 9.17) is 23.2 Å². The van der Waals surface area contributed by atoms with E-state index in [1.807, 2.05) is 0 Å². The average Bonchev–Trinajstić information content (AvgIpc) is 2.95. The van der Waals surface area contributed by atoms with E-state index >= 15 is 0 Å². The van der Waals surface area contributed by atoms with Gasteiger partial charge in [0.05, 0.1) is 13.9 Å². The topological polar surface area (TPSA) is 41.9 Å². The number of methoxy groups -OCH3 is 1. The van der Waals surface area contributed by atoms with Crippen LogP contribution in [0.4, 0.5) is 0 Å². The normalized spacial score (nSPS) is 58.5. The van der Waals surface area contributed by atoms with Crippen LogP contribution in [0.2, 0.25) is 0 Å². The predicted molar refractivity (Wildman–Crippen MR) is 82.5 cm³/mol. The summed E-state index contributed by atoms with van der Waals surface area (Å²) in [6, 6.07) is 1.31. The molecule has 2 bridgehead atoms. The second-order valence-electron chi connectivity index (χ2n) is 6.10. The maximum atomic E-state index is 9.31. The van der Waals surface area contributed by atoms with Crippen LogP contribution in [0.25, 0.3) is 0 Å². The molecule has 1 saturated heterocycles. The van der Waals surface area contributed by atoms with Gasteiger partial charge in [0, 0.05) is 29.8 Å². The predicted octanol–water partition coefficient (Wildman–Crippen LogP) is 1.50. The van der Waals surface area contributed by atoms with E-state index in [0.717, 1.165) is 11.0 Å². The molecule has 4 aliphatic rings. The molecule has 1 aromatic rings. The van der Waals surface area contributed by atoms with Gasteiger partial charge in [-0.05, 0) is 37.9 Å². The van der Waals surface area contributed by atoms with Gasteiger partial charge in [0.2, 0.25) is 1.43 Å². The van der Waals surface area contributed by atoms with Gasteiger partial charge in [-0.25, -0.2) is 0 Å². The number of rotatable bonds is 2. The van der Waals surface area contributed by atoms with Gasteiger partial charge < -0.3 is 19.5 Å². The van der Waals surface area contributed by atoms with Gasteiger partial charge in [0.1, 0.15) is 12.2 Å². The molecule has 1 spiro atoms. The Kier molecular flexibility index (Phi) is 1.14. The van der Waals surface area contributed by atoms with Crippen LogP contribution in [0.5, 0.6) is 11.5 Å². The SMILES string of the molecule is [2H]OC1([2H])C=C[C@H]2[C@@H]3N(C([2H])([2H])[2H])CC[C@@]24c2c(ccc(OC([2H])([2H])[2H])c2OC14[2H])C3([2H])[2H]. The molecule has 4 nitrogen and oxygen atoms in total. The highest BCUT2D eigenvalue weighted by Gasteiger charge is 2.64. The van der Waals surface area contributed by atoms with Crippen LogP contribution < -0.4 is 9.47 Å². The van der Waals surface area contributed by atoms with Crippen molar-refractivity contribution < 1.29 is 28.3 Å². The lowest BCUT2D eigenvalue weighted by molar-refractivity contribution is -0.0453. The Balaban J connectivity index is 1.86. The summed E-state index contributed by atoms with van der Waals surface area (Å²) in [5.41, 5.74) is -1.25. The third-order valence-corrected chi connectivity index (χ3v) is 5.26. The highest BCUT2D eigenvalue weighted by atomic mass is 16.5. The van der Waals surface area contributed by atoms with E-state index in [-0.39, 0.29) is 35.6 Å². The van der Waals surface area contributed by atoms with Crippen molar-refractivity contribution in [2.24, 2.45) is 5.92 Å². The number of hydrogen-bond donors (Lipinski definition) is 1. The van der Waals surface area contributed by atoms with Crippen LogP contribution in [-0.2, 0) is 11.8 Å². The maximum absolute atomic E-state index is 9.31. The lowest BCUT2D eigenvalue weighted by Crippen LogP contribution is -2.64. The lowest BCUT2D eigenvalue weighted by Gasteiger charge is -2.56. The van der Waals surface area contributed by atoms with E-state index in [2.05, 4.69) is 5.11 Å². The van der Waals surface area contributed by atoms with Crippen molar-refractivity contribution in [2.75, 3.05) is 20.6 Å². The molecule has 22 heavy (non-hydrogen) atoms. The fourth-order valence-corrected chi connectivity index (χ4v) is 4.37. The minimum atomic E-state index is -2.86. The summed E-state index contributed by atoms with van der Waals surface area (Å²) in [5.74, 6) is -1.36. The largest absolute Gasteiger partial charge is 0.493 e. The highest BCUT2D eigenvalue weighted by molar-refractivity contribution is 5.62. The number of nitrogens with zero attached hydrogens (tertiary/aromatic N) is 1.